The van der Waals surface area contributed by atoms with Gasteiger partial charge in [0.05, 0.1) is 12.0 Å². The van der Waals surface area contributed by atoms with E-state index in [-0.39, 0.29) is 18.0 Å². The van der Waals surface area contributed by atoms with Gasteiger partial charge in [0.15, 0.2) is 0 Å². The Bertz CT molecular complexity index is 424. The molecule has 0 radical (unpaired) electrons. The van der Waals surface area contributed by atoms with E-state index < -0.39 is 0 Å². The van der Waals surface area contributed by atoms with E-state index in [0.717, 1.165) is 22.4 Å². The number of carbonyl (C=O) groups excluding carboxylic acids is 1. The lowest BCUT2D eigenvalue weighted by Gasteiger charge is -2.16. The average molecular weight is 264 g/mol. The predicted octanol–water partition coefficient (Wildman–Crippen LogP) is 3.79. The zero-order chi connectivity index (χ0) is 14.6. The van der Waals surface area contributed by atoms with E-state index in [4.69, 9.17) is 9.47 Å². The van der Waals surface area contributed by atoms with Crippen molar-refractivity contribution in [3.05, 3.63) is 28.8 Å². The van der Waals surface area contributed by atoms with Gasteiger partial charge in [-0.2, -0.15) is 0 Å². The van der Waals surface area contributed by atoms with E-state index in [2.05, 4.69) is 0 Å². The maximum absolute atomic E-state index is 11.5. The molecule has 0 fully saturated rings. The molecule has 1 aromatic carbocycles. The molecule has 3 nitrogen and oxygen atoms in total. The van der Waals surface area contributed by atoms with Crippen molar-refractivity contribution >= 4 is 5.97 Å². The van der Waals surface area contributed by atoms with Crippen LogP contribution in [0.15, 0.2) is 12.1 Å². The molecule has 0 aromatic heterocycles. The van der Waals surface area contributed by atoms with Crippen molar-refractivity contribution in [2.45, 2.75) is 54.3 Å². The van der Waals surface area contributed by atoms with E-state index in [1.54, 1.807) is 0 Å². The first-order chi connectivity index (χ1) is 8.81. The van der Waals surface area contributed by atoms with Crippen molar-refractivity contribution in [3.63, 3.8) is 0 Å². The number of rotatable bonds is 5. The van der Waals surface area contributed by atoms with Crippen LogP contribution in [0.2, 0.25) is 0 Å². The minimum atomic E-state index is -0.169. The Morgan fingerprint density at radius 1 is 1.11 bits per heavy atom. The number of esters is 1. The molecule has 0 atom stereocenters. The molecule has 0 aliphatic heterocycles. The molecule has 1 aromatic rings. The number of benzene rings is 1. The highest BCUT2D eigenvalue weighted by atomic mass is 16.5. The SMILES string of the molecule is Cc1cc(COC(=O)C(C)C)cc(C)c1OC(C)C. The molecule has 0 heterocycles. The second-order valence-corrected chi connectivity index (χ2v) is 5.49. The van der Waals surface area contributed by atoms with Gasteiger partial charge in [-0.3, -0.25) is 4.79 Å². The zero-order valence-electron chi connectivity index (χ0n) is 12.7. The maximum Gasteiger partial charge on any atom is 0.308 e. The molecule has 19 heavy (non-hydrogen) atoms. The van der Waals surface area contributed by atoms with Gasteiger partial charge < -0.3 is 9.47 Å². The number of hydrogen-bond acceptors (Lipinski definition) is 3. The summed E-state index contributed by atoms with van der Waals surface area (Å²) in [5, 5.41) is 0. The van der Waals surface area contributed by atoms with Gasteiger partial charge in [0.1, 0.15) is 12.4 Å². The van der Waals surface area contributed by atoms with Crippen LogP contribution in [0.5, 0.6) is 5.75 Å². The zero-order valence-corrected chi connectivity index (χ0v) is 12.7. The second-order valence-electron chi connectivity index (χ2n) is 5.49. The van der Waals surface area contributed by atoms with Gasteiger partial charge in [-0.15, -0.1) is 0 Å². The molecule has 0 N–H and O–H groups in total. The van der Waals surface area contributed by atoms with Crippen LogP contribution in [0.25, 0.3) is 0 Å². The van der Waals surface area contributed by atoms with E-state index in [1.165, 1.54) is 0 Å². The van der Waals surface area contributed by atoms with Crippen LogP contribution >= 0.6 is 0 Å². The molecule has 0 spiro atoms. The Morgan fingerprint density at radius 3 is 2.05 bits per heavy atom. The van der Waals surface area contributed by atoms with Crippen molar-refractivity contribution in [3.8, 4) is 5.75 Å². The summed E-state index contributed by atoms with van der Waals surface area (Å²) in [5.41, 5.74) is 3.15. The molecule has 0 saturated heterocycles. The molecule has 1 rings (SSSR count). The van der Waals surface area contributed by atoms with Gasteiger partial charge in [-0.1, -0.05) is 13.8 Å². The number of ether oxygens (including phenoxy) is 2. The first-order valence-electron chi connectivity index (χ1n) is 6.74. The third-order valence-electron chi connectivity index (χ3n) is 2.73. The highest BCUT2D eigenvalue weighted by Gasteiger charge is 2.11. The molecule has 0 aliphatic carbocycles. The molecule has 0 unspecified atom stereocenters. The Morgan fingerprint density at radius 2 is 1.63 bits per heavy atom. The Labute approximate surface area is 115 Å². The Kier molecular flexibility index (Phi) is 5.40. The van der Waals surface area contributed by atoms with E-state index in [0.29, 0.717) is 6.61 Å². The monoisotopic (exact) mass is 264 g/mol. The van der Waals surface area contributed by atoms with Gasteiger partial charge in [0, 0.05) is 0 Å². The molecule has 3 heteroatoms. The van der Waals surface area contributed by atoms with Crippen LogP contribution in [0.3, 0.4) is 0 Å². The summed E-state index contributed by atoms with van der Waals surface area (Å²) >= 11 is 0. The van der Waals surface area contributed by atoms with Crippen LogP contribution in [0.1, 0.15) is 44.4 Å². The van der Waals surface area contributed by atoms with Gasteiger partial charge >= 0.3 is 5.97 Å². The second kappa shape index (κ2) is 6.60. The maximum atomic E-state index is 11.5. The predicted molar refractivity (Wildman–Crippen MR) is 76.3 cm³/mol. The number of hydrogen-bond donors (Lipinski definition) is 0. The summed E-state index contributed by atoms with van der Waals surface area (Å²) in [7, 11) is 0. The van der Waals surface area contributed by atoms with Crippen molar-refractivity contribution in [1.82, 2.24) is 0 Å². The smallest absolute Gasteiger partial charge is 0.308 e. The Hall–Kier alpha value is -1.51. The van der Waals surface area contributed by atoms with Crippen LogP contribution in [0, 0.1) is 19.8 Å². The standard InChI is InChI=1S/C16H24O3/c1-10(2)16(17)18-9-14-7-12(5)15(13(6)8-14)19-11(3)4/h7-8,10-11H,9H2,1-6H3. The van der Waals surface area contributed by atoms with E-state index in [1.807, 2.05) is 53.7 Å². The highest BCUT2D eigenvalue weighted by Crippen LogP contribution is 2.26. The van der Waals surface area contributed by atoms with Crippen LogP contribution in [-0.2, 0) is 16.1 Å². The van der Waals surface area contributed by atoms with Gasteiger partial charge in [0.2, 0.25) is 0 Å². The first-order valence-corrected chi connectivity index (χ1v) is 6.74. The van der Waals surface area contributed by atoms with Gasteiger partial charge in [-0.05, 0) is 56.5 Å². The largest absolute Gasteiger partial charge is 0.490 e. The van der Waals surface area contributed by atoms with Crippen LogP contribution in [0.4, 0.5) is 0 Å². The Balaban J connectivity index is 2.80. The molecule has 106 valence electrons. The third-order valence-corrected chi connectivity index (χ3v) is 2.73. The van der Waals surface area contributed by atoms with Crippen molar-refractivity contribution in [2.24, 2.45) is 5.92 Å². The lowest BCUT2D eigenvalue weighted by Crippen LogP contribution is -2.12. The minimum absolute atomic E-state index is 0.0919. The summed E-state index contributed by atoms with van der Waals surface area (Å²) in [6.07, 6.45) is 0.155. The minimum Gasteiger partial charge on any atom is -0.490 e. The molecular weight excluding hydrogens is 240 g/mol. The fourth-order valence-electron chi connectivity index (χ4n) is 1.87. The molecule has 0 amide bonds. The molecule has 0 bridgehead atoms. The van der Waals surface area contributed by atoms with Crippen LogP contribution in [-0.4, -0.2) is 12.1 Å². The summed E-state index contributed by atoms with van der Waals surface area (Å²) in [4.78, 5) is 11.5. The fourth-order valence-corrected chi connectivity index (χ4v) is 1.87. The highest BCUT2D eigenvalue weighted by molar-refractivity contribution is 5.71. The van der Waals surface area contributed by atoms with Crippen molar-refractivity contribution in [1.29, 1.82) is 0 Å². The molecular formula is C16H24O3. The number of aryl methyl sites for hydroxylation is 2. The third kappa shape index (κ3) is 4.58. The summed E-state index contributed by atoms with van der Waals surface area (Å²) in [5.74, 6) is 0.664. The van der Waals surface area contributed by atoms with Gasteiger partial charge in [-0.25, -0.2) is 0 Å². The quantitative estimate of drug-likeness (QED) is 0.759. The first kappa shape index (κ1) is 15.5. The molecule has 0 aliphatic rings. The summed E-state index contributed by atoms with van der Waals surface area (Å²) in [6.45, 7) is 12.0. The van der Waals surface area contributed by atoms with E-state index in [9.17, 15) is 4.79 Å². The fraction of sp³-hybridized carbons (Fsp3) is 0.562. The van der Waals surface area contributed by atoms with Crippen LogP contribution < -0.4 is 4.74 Å². The van der Waals surface area contributed by atoms with Crippen molar-refractivity contribution in [2.75, 3.05) is 0 Å². The lowest BCUT2D eigenvalue weighted by molar-refractivity contribution is -0.148. The van der Waals surface area contributed by atoms with Gasteiger partial charge in [0.25, 0.3) is 0 Å². The molecule has 0 saturated carbocycles. The topological polar surface area (TPSA) is 35.5 Å². The normalized spacial score (nSPS) is 10.9. The van der Waals surface area contributed by atoms with E-state index >= 15 is 0 Å². The van der Waals surface area contributed by atoms with Crippen molar-refractivity contribution < 1.29 is 14.3 Å². The number of carbonyl (C=O) groups is 1. The summed E-state index contributed by atoms with van der Waals surface area (Å²) < 4.78 is 11.0. The average Bonchev–Trinajstić information content (AvgIpc) is 2.30. The lowest BCUT2D eigenvalue weighted by atomic mass is 10.1. The summed E-state index contributed by atoms with van der Waals surface area (Å²) in [6, 6.07) is 4.02.